The maximum atomic E-state index is 4.47. The van der Waals surface area contributed by atoms with Crippen LogP contribution < -0.4 is 10.2 Å². The highest BCUT2D eigenvalue weighted by molar-refractivity contribution is 5.38. The first-order valence-electron chi connectivity index (χ1n) is 8.34. The van der Waals surface area contributed by atoms with Crippen molar-refractivity contribution in [3.8, 4) is 0 Å². The maximum absolute atomic E-state index is 4.47. The molecule has 0 unspecified atom stereocenters. The lowest BCUT2D eigenvalue weighted by Crippen LogP contribution is -2.51. The van der Waals surface area contributed by atoms with E-state index in [1.54, 1.807) is 0 Å². The zero-order chi connectivity index (χ0) is 14.5. The predicted octanol–water partition coefficient (Wildman–Crippen LogP) is 1.98. The third-order valence-electron chi connectivity index (χ3n) is 5.12. The average Bonchev–Trinajstić information content (AvgIpc) is 2.98. The second-order valence-electron chi connectivity index (χ2n) is 6.69. The van der Waals surface area contributed by atoms with Crippen molar-refractivity contribution in [3.63, 3.8) is 0 Å². The molecule has 0 atom stereocenters. The fourth-order valence-corrected chi connectivity index (χ4v) is 4.04. The maximum Gasteiger partial charge on any atom is 0.128 e. The van der Waals surface area contributed by atoms with Gasteiger partial charge in [-0.3, -0.25) is 4.90 Å². The van der Waals surface area contributed by atoms with Crippen LogP contribution in [0.15, 0.2) is 24.4 Å². The Kier molecular flexibility index (Phi) is 4.76. The molecule has 0 aromatic carbocycles. The van der Waals surface area contributed by atoms with Gasteiger partial charge in [-0.15, -0.1) is 0 Å². The van der Waals surface area contributed by atoms with Crippen LogP contribution in [0.2, 0.25) is 0 Å². The van der Waals surface area contributed by atoms with E-state index in [4.69, 9.17) is 0 Å². The van der Waals surface area contributed by atoms with E-state index in [0.29, 0.717) is 5.41 Å². The molecule has 1 aliphatic heterocycles. The lowest BCUT2D eigenvalue weighted by Gasteiger charge is -2.40. The van der Waals surface area contributed by atoms with Gasteiger partial charge < -0.3 is 10.2 Å². The molecule has 2 heterocycles. The number of piperazine rings is 1. The van der Waals surface area contributed by atoms with Crippen LogP contribution in [0.4, 0.5) is 5.82 Å². The molecule has 1 saturated carbocycles. The summed E-state index contributed by atoms with van der Waals surface area (Å²) in [5.41, 5.74) is 0.530. The first-order valence-corrected chi connectivity index (χ1v) is 8.34. The highest BCUT2D eigenvalue weighted by atomic mass is 15.3. The van der Waals surface area contributed by atoms with Gasteiger partial charge in [0.15, 0.2) is 0 Å². The molecule has 3 rings (SSSR count). The molecule has 0 bridgehead atoms. The highest BCUT2D eigenvalue weighted by Crippen LogP contribution is 2.38. The Balaban J connectivity index is 1.53. The number of nitrogens with one attached hydrogen (secondary N) is 1. The third kappa shape index (κ3) is 3.55. The van der Waals surface area contributed by atoms with Crippen molar-refractivity contribution in [2.45, 2.75) is 25.7 Å². The zero-order valence-corrected chi connectivity index (χ0v) is 13.2. The summed E-state index contributed by atoms with van der Waals surface area (Å²) < 4.78 is 0. The topological polar surface area (TPSA) is 31.4 Å². The monoisotopic (exact) mass is 288 g/mol. The first kappa shape index (κ1) is 14.8. The van der Waals surface area contributed by atoms with Gasteiger partial charge in [-0.25, -0.2) is 4.98 Å². The summed E-state index contributed by atoms with van der Waals surface area (Å²) in [5, 5.41) is 3.43. The van der Waals surface area contributed by atoms with E-state index in [1.807, 2.05) is 12.3 Å². The van der Waals surface area contributed by atoms with Crippen LogP contribution in [-0.2, 0) is 0 Å². The Bertz CT molecular complexity index is 420. The van der Waals surface area contributed by atoms with Crippen molar-refractivity contribution in [3.05, 3.63) is 24.4 Å². The smallest absolute Gasteiger partial charge is 0.128 e. The normalized spacial score (nSPS) is 22.6. The molecular formula is C17H28N4. The summed E-state index contributed by atoms with van der Waals surface area (Å²) in [6.45, 7) is 6.99. The van der Waals surface area contributed by atoms with Crippen LogP contribution in [0.25, 0.3) is 0 Å². The minimum absolute atomic E-state index is 0.530. The average molecular weight is 288 g/mol. The van der Waals surface area contributed by atoms with Crippen LogP contribution in [0.3, 0.4) is 0 Å². The van der Waals surface area contributed by atoms with Crippen LogP contribution in [0.1, 0.15) is 25.7 Å². The van der Waals surface area contributed by atoms with Crippen molar-refractivity contribution in [1.82, 2.24) is 15.2 Å². The number of rotatable bonds is 5. The summed E-state index contributed by atoms with van der Waals surface area (Å²) >= 11 is 0. The third-order valence-corrected chi connectivity index (χ3v) is 5.12. The van der Waals surface area contributed by atoms with E-state index in [2.05, 4.69) is 39.3 Å². The van der Waals surface area contributed by atoms with Crippen LogP contribution in [-0.4, -0.2) is 56.2 Å². The van der Waals surface area contributed by atoms with Gasteiger partial charge in [-0.1, -0.05) is 18.9 Å². The largest absolute Gasteiger partial charge is 0.354 e. The number of aromatic nitrogens is 1. The van der Waals surface area contributed by atoms with Gasteiger partial charge in [0.1, 0.15) is 5.82 Å². The number of pyridine rings is 1. The van der Waals surface area contributed by atoms with Crippen molar-refractivity contribution in [2.75, 3.05) is 51.2 Å². The summed E-state index contributed by atoms with van der Waals surface area (Å²) in [6.07, 6.45) is 7.51. The standard InChI is InChI=1S/C17H28N4/c1-18-14-17(7-3-4-8-17)15-20-10-12-21(13-11-20)16-6-2-5-9-19-16/h2,5-6,9,18H,3-4,7-8,10-15H2,1H3. The molecule has 2 aliphatic rings. The highest BCUT2D eigenvalue weighted by Gasteiger charge is 2.35. The second kappa shape index (κ2) is 6.75. The van der Waals surface area contributed by atoms with Crippen molar-refractivity contribution < 1.29 is 0 Å². The van der Waals surface area contributed by atoms with Gasteiger partial charge in [0.05, 0.1) is 0 Å². The number of hydrogen-bond donors (Lipinski definition) is 1. The minimum atomic E-state index is 0.530. The Morgan fingerprint density at radius 1 is 1.14 bits per heavy atom. The molecule has 2 fully saturated rings. The number of hydrogen-bond acceptors (Lipinski definition) is 4. The Morgan fingerprint density at radius 3 is 2.52 bits per heavy atom. The van der Waals surface area contributed by atoms with Crippen LogP contribution in [0.5, 0.6) is 0 Å². The van der Waals surface area contributed by atoms with E-state index >= 15 is 0 Å². The second-order valence-corrected chi connectivity index (χ2v) is 6.69. The summed E-state index contributed by atoms with van der Waals surface area (Å²) in [7, 11) is 2.10. The molecule has 4 nitrogen and oxygen atoms in total. The summed E-state index contributed by atoms with van der Waals surface area (Å²) in [6, 6.07) is 6.19. The van der Waals surface area contributed by atoms with Crippen LogP contribution in [0, 0.1) is 5.41 Å². The Morgan fingerprint density at radius 2 is 1.90 bits per heavy atom. The molecule has 1 aliphatic carbocycles. The molecule has 21 heavy (non-hydrogen) atoms. The van der Waals surface area contributed by atoms with Crippen molar-refractivity contribution in [1.29, 1.82) is 0 Å². The Hall–Kier alpha value is -1.13. The van der Waals surface area contributed by atoms with Crippen molar-refractivity contribution in [2.24, 2.45) is 5.41 Å². The lowest BCUT2D eigenvalue weighted by molar-refractivity contribution is 0.144. The molecular weight excluding hydrogens is 260 g/mol. The van der Waals surface area contributed by atoms with Gasteiger partial charge in [-0.05, 0) is 37.4 Å². The molecule has 4 heteroatoms. The van der Waals surface area contributed by atoms with E-state index in [1.165, 1.54) is 51.9 Å². The number of anilines is 1. The predicted molar refractivity (Wildman–Crippen MR) is 87.7 cm³/mol. The van der Waals surface area contributed by atoms with Gasteiger partial charge in [0, 0.05) is 45.5 Å². The van der Waals surface area contributed by atoms with Gasteiger partial charge in [-0.2, -0.15) is 0 Å². The molecule has 1 N–H and O–H groups in total. The van der Waals surface area contributed by atoms with Gasteiger partial charge in [0.25, 0.3) is 0 Å². The van der Waals surface area contributed by atoms with Gasteiger partial charge in [0.2, 0.25) is 0 Å². The zero-order valence-electron chi connectivity index (χ0n) is 13.2. The lowest BCUT2D eigenvalue weighted by atomic mass is 9.85. The SMILES string of the molecule is CNCC1(CN2CCN(c3ccccn3)CC2)CCCC1. The van der Waals surface area contributed by atoms with E-state index in [-0.39, 0.29) is 0 Å². The van der Waals surface area contributed by atoms with E-state index < -0.39 is 0 Å². The number of nitrogens with zero attached hydrogens (tertiary/aromatic N) is 3. The minimum Gasteiger partial charge on any atom is -0.354 e. The summed E-state index contributed by atoms with van der Waals surface area (Å²) in [4.78, 5) is 9.55. The molecule has 0 amide bonds. The molecule has 1 aromatic heterocycles. The molecule has 116 valence electrons. The fourth-order valence-electron chi connectivity index (χ4n) is 4.04. The molecule has 1 aromatic rings. The fraction of sp³-hybridized carbons (Fsp3) is 0.706. The molecule has 0 radical (unpaired) electrons. The van der Waals surface area contributed by atoms with Crippen molar-refractivity contribution >= 4 is 5.82 Å². The Labute approximate surface area is 128 Å². The summed E-state index contributed by atoms with van der Waals surface area (Å²) in [5.74, 6) is 1.13. The quantitative estimate of drug-likeness (QED) is 0.898. The van der Waals surface area contributed by atoms with Gasteiger partial charge >= 0.3 is 0 Å². The molecule has 1 saturated heterocycles. The first-order chi connectivity index (χ1) is 10.3. The van der Waals surface area contributed by atoms with E-state index in [9.17, 15) is 0 Å². The van der Waals surface area contributed by atoms with Crippen LogP contribution >= 0.6 is 0 Å². The van der Waals surface area contributed by atoms with E-state index in [0.717, 1.165) is 18.9 Å². The molecule has 0 spiro atoms.